The van der Waals surface area contributed by atoms with Gasteiger partial charge in [0.2, 0.25) is 0 Å². The maximum Gasteiger partial charge on any atom is 0.134 e. The molecule has 0 fully saturated rings. The van der Waals surface area contributed by atoms with Crippen LogP contribution in [-0.2, 0) is 19.4 Å². The molecule has 1 aliphatic carbocycles. The highest BCUT2D eigenvalue weighted by Gasteiger charge is 2.32. The van der Waals surface area contributed by atoms with Crippen LogP contribution in [-0.4, -0.2) is 10.8 Å². The number of thiophene rings is 1. The van der Waals surface area contributed by atoms with E-state index >= 15 is 0 Å². The Labute approximate surface area is 210 Å². The van der Waals surface area contributed by atoms with Gasteiger partial charge in [0.25, 0.3) is 0 Å². The highest BCUT2D eigenvalue weighted by molar-refractivity contribution is 7.16. The smallest absolute Gasteiger partial charge is 0.134 e. The summed E-state index contributed by atoms with van der Waals surface area (Å²) in [6.45, 7) is 7.65. The van der Waals surface area contributed by atoms with Gasteiger partial charge in [-0.2, -0.15) is 10.5 Å². The van der Waals surface area contributed by atoms with Crippen LogP contribution in [0.4, 0.5) is 5.00 Å². The highest BCUT2D eigenvalue weighted by atomic mass is 32.1. The van der Waals surface area contributed by atoms with Crippen molar-refractivity contribution in [2.75, 3.05) is 0 Å². The van der Waals surface area contributed by atoms with Crippen LogP contribution >= 0.6 is 11.3 Å². The van der Waals surface area contributed by atoms with Crippen LogP contribution in [0.5, 0.6) is 0 Å². The Morgan fingerprint density at radius 1 is 1.09 bits per heavy atom. The number of benzene rings is 2. The van der Waals surface area contributed by atoms with E-state index in [4.69, 9.17) is 10.3 Å². The van der Waals surface area contributed by atoms with E-state index in [1.165, 1.54) is 10.4 Å². The number of fused-ring (bicyclic) bond motifs is 2. The average Bonchev–Trinajstić information content (AvgIpc) is 3.39. The van der Waals surface area contributed by atoms with Crippen LogP contribution in [0.3, 0.4) is 0 Å². The monoisotopic (exact) mass is 476 g/mol. The summed E-state index contributed by atoms with van der Waals surface area (Å²) in [5.74, 6) is 0.636. The summed E-state index contributed by atoms with van der Waals surface area (Å²) < 4.78 is 2.22. The van der Waals surface area contributed by atoms with Gasteiger partial charge in [-0.15, -0.1) is 11.3 Å². The molecule has 2 aromatic heterocycles. The van der Waals surface area contributed by atoms with Crippen LogP contribution in [0.2, 0.25) is 0 Å². The fraction of sp³-hybridized carbons (Fsp3) is 0.300. The molecule has 0 aliphatic heterocycles. The Morgan fingerprint density at radius 2 is 1.86 bits per heavy atom. The molecular formula is C30H28N4S. The second kappa shape index (κ2) is 9.17. The van der Waals surface area contributed by atoms with Crippen molar-refractivity contribution in [3.63, 3.8) is 0 Å². The Bertz CT molecular complexity index is 1500. The zero-order valence-electron chi connectivity index (χ0n) is 20.4. The minimum absolute atomic E-state index is 0.272. The summed E-state index contributed by atoms with van der Waals surface area (Å²) in [6, 6.07) is 20.7. The van der Waals surface area contributed by atoms with Gasteiger partial charge in [0.05, 0.1) is 17.2 Å². The molecule has 4 nitrogen and oxygen atoms in total. The third-order valence-corrected chi connectivity index (χ3v) is 8.32. The molecule has 0 saturated heterocycles. The molecule has 35 heavy (non-hydrogen) atoms. The highest BCUT2D eigenvalue weighted by Crippen LogP contribution is 2.45. The molecule has 0 bridgehead atoms. The minimum Gasteiger partial charge on any atom is -0.342 e. The quantitative estimate of drug-likeness (QED) is 0.288. The molecule has 0 amide bonds. The lowest BCUT2D eigenvalue weighted by molar-refractivity contribution is 0.218. The molecule has 0 saturated carbocycles. The van der Waals surface area contributed by atoms with Crippen LogP contribution < -0.4 is 0 Å². The van der Waals surface area contributed by atoms with Gasteiger partial charge in [-0.3, -0.25) is 0 Å². The normalized spacial score (nSPS) is 15.7. The molecule has 2 aromatic carbocycles. The van der Waals surface area contributed by atoms with Gasteiger partial charge in [-0.25, -0.2) is 4.99 Å². The predicted molar refractivity (Wildman–Crippen MR) is 143 cm³/mol. The summed E-state index contributed by atoms with van der Waals surface area (Å²) >= 11 is 1.69. The first-order chi connectivity index (χ1) is 16.9. The van der Waals surface area contributed by atoms with E-state index in [0.29, 0.717) is 18.0 Å². The van der Waals surface area contributed by atoms with Crippen molar-refractivity contribution in [1.82, 2.24) is 4.57 Å². The van der Waals surface area contributed by atoms with Crippen molar-refractivity contribution in [1.29, 1.82) is 10.5 Å². The lowest BCUT2D eigenvalue weighted by Crippen LogP contribution is -2.26. The molecule has 0 N–H and O–H groups in total. The Balaban J connectivity index is 1.47. The third-order valence-electron chi connectivity index (χ3n) is 7.16. The molecule has 1 aliphatic rings. The number of hydrogen-bond donors (Lipinski definition) is 0. The van der Waals surface area contributed by atoms with Gasteiger partial charge in [-0.1, -0.05) is 51.1 Å². The molecule has 0 spiro atoms. The van der Waals surface area contributed by atoms with Gasteiger partial charge in [-0.05, 0) is 59.9 Å². The number of hydrogen-bond acceptors (Lipinski definition) is 4. The second-order valence-electron chi connectivity index (χ2n) is 10.4. The Morgan fingerprint density at radius 3 is 2.57 bits per heavy atom. The van der Waals surface area contributed by atoms with E-state index in [1.54, 1.807) is 11.3 Å². The van der Waals surface area contributed by atoms with Crippen molar-refractivity contribution in [2.24, 2.45) is 16.3 Å². The van der Waals surface area contributed by atoms with Crippen LogP contribution in [0.25, 0.3) is 10.9 Å². The van der Waals surface area contributed by atoms with Crippen molar-refractivity contribution >= 4 is 33.5 Å². The molecule has 0 unspecified atom stereocenters. The second-order valence-corrected chi connectivity index (χ2v) is 11.5. The number of nitriles is 2. The SMILES string of the molecule is CC(C)(C)[C@@H]1CCc2c(sc(N=Cc3cn(Cc4ccc(C#N)cc4)c4ccccc34)c2C#N)C1. The first-order valence-corrected chi connectivity index (χ1v) is 12.8. The number of para-hydroxylation sites is 1. The summed E-state index contributed by atoms with van der Waals surface area (Å²) in [7, 11) is 0. The van der Waals surface area contributed by atoms with Crippen LogP contribution in [0.15, 0.2) is 59.7 Å². The molecule has 5 heteroatoms. The molecule has 174 valence electrons. The minimum atomic E-state index is 0.272. The lowest BCUT2D eigenvalue weighted by Gasteiger charge is -2.33. The number of aromatic nitrogens is 1. The maximum absolute atomic E-state index is 9.92. The summed E-state index contributed by atoms with van der Waals surface area (Å²) in [5.41, 5.74) is 6.23. The van der Waals surface area contributed by atoms with Crippen molar-refractivity contribution in [3.8, 4) is 12.1 Å². The van der Waals surface area contributed by atoms with E-state index in [-0.39, 0.29) is 5.41 Å². The van der Waals surface area contributed by atoms with Gasteiger partial charge < -0.3 is 4.57 Å². The topological polar surface area (TPSA) is 64.9 Å². The Kier molecular flexibility index (Phi) is 6.05. The molecule has 4 aromatic rings. The number of rotatable bonds is 4. The summed E-state index contributed by atoms with van der Waals surface area (Å²) in [6.07, 6.45) is 7.18. The summed E-state index contributed by atoms with van der Waals surface area (Å²) in [4.78, 5) is 6.19. The van der Waals surface area contributed by atoms with Crippen molar-refractivity contribution in [2.45, 2.75) is 46.6 Å². The predicted octanol–water partition coefficient (Wildman–Crippen LogP) is 7.40. The van der Waals surface area contributed by atoms with Crippen LogP contribution in [0, 0.1) is 34.0 Å². The van der Waals surface area contributed by atoms with Gasteiger partial charge in [0.15, 0.2) is 0 Å². The first kappa shape index (κ1) is 23.1. The average molecular weight is 477 g/mol. The molecule has 0 radical (unpaired) electrons. The molecule has 1 atom stereocenters. The van der Waals surface area contributed by atoms with Gasteiger partial charge >= 0.3 is 0 Å². The number of nitrogens with zero attached hydrogens (tertiary/aromatic N) is 4. The van der Waals surface area contributed by atoms with Gasteiger partial charge in [0.1, 0.15) is 11.1 Å². The van der Waals surface area contributed by atoms with E-state index in [0.717, 1.165) is 51.9 Å². The standard InChI is InChI=1S/C30H28N4S/c1-30(2,3)23-12-13-25-26(16-32)29(35-28(25)14-23)33-17-22-19-34(27-7-5-4-6-24(22)27)18-21-10-8-20(15-31)9-11-21/h4-11,17,19,23H,12-14,18H2,1-3H3/t23-/m1/s1. The van der Waals surface area contributed by atoms with Crippen LogP contribution in [0.1, 0.15) is 59.9 Å². The zero-order valence-corrected chi connectivity index (χ0v) is 21.2. The van der Waals surface area contributed by atoms with Gasteiger partial charge in [0, 0.05) is 40.3 Å². The molecular weight excluding hydrogens is 448 g/mol. The fourth-order valence-corrected chi connectivity index (χ4v) is 6.26. The van der Waals surface area contributed by atoms with E-state index in [1.807, 2.05) is 42.6 Å². The zero-order chi connectivity index (χ0) is 24.6. The Hall–Kier alpha value is -3.67. The van der Waals surface area contributed by atoms with Crippen molar-refractivity contribution < 1.29 is 0 Å². The molecule has 2 heterocycles. The van der Waals surface area contributed by atoms with E-state index in [2.05, 4.69) is 55.8 Å². The van der Waals surface area contributed by atoms with E-state index < -0.39 is 0 Å². The maximum atomic E-state index is 9.92. The van der Waals surface area contributed by atoms with Crippen molar-refractivity contribution in [3.05, 3.63) is 87.4 Å². The first-order valence-electron chi connectivity index (χ1n) is 12.0. The van der Waals surface area contributed by atoms with E-state index in [9.17, 15) is 5.26 Å². The fourth-order valence-electron chi connectivity index (χ4n) is 5.04. The lowest BCUT2D eigenvalue weighted by atomic mass is 9.72. The largest absolute Gasteiger partial charge is 0.342 e. The molecule has 5 rings (SSSR count). The number of aliphatic imine (C=N–C) groups is 1. The summed E-state index contributed by atoms with van der Waals surface area (Å²) in [5, 5.41) is 21.0. The third kappa shape index (κ3) is 4.53.